The van der Waals surface area contributed by atoms with Crippen molar-refractivity contribution in [3.8, 4) is 0 Å². The molecule has 0 aromatic rings. The van der Waals surface area contributed by atoms with E-state index in [-0.39, 0.29) is 0 Å². The zero-order valence-corrected chi connectivity index (χ0v) is 16.2. The van der Waals surface area contributed by atoms with Gasteiger partial charge in [-0.05, 0) is 0 Å². The molecule has 0 radical (unpaired) electrons. The van der Waals surface area contributed by atoms with Crippen molar-refractivity contribution < 1.29 is 55.1 Å². The molecular weight excluding hydrogens is 462 g/mol. The molecule has 9 atom stereocenters. The maximum atomic E-state index is 10.5. The van der Waals surface area contributed by atoms with Crippen LogP contribution in [0.3, 0.4) is 0 Å². The van der Waals surface area contributed by atoms with E-state index in [1.165, 1.54) is 0 Å². The molecule has 15 heteroatoms. The molecule has 0 aromatic carbocycles. The Morgan fingerprint density at radius 1 is 0.963 bits per heavy atom. The number of alkyl halides is 4. The van der Waals surface area contributed by atoms with Gasteiger partial charge in [0, 0.05) is 0 Å². The van der Waals surface area contributed by atoms with E-state index >= 15 is 0 Å². The lowest BCUT2D eigenvalue weighted by Crippen LogP contribution is -2.69. The third kappa shape index (κ3) is 3.56. The van der Waals surface area contributed by atoms with Crippen LogP contribution in [0.2, 0.25) is 0 Å². The number of aliphatic hydroxyl groups is 8. The highest BCUT2D eigenvalue weighted by molar-refractivity contribution is 6.48. The molecule has 2 saturated heterocycles. The van der Waals surface area contributed by atoms with Crippen molar-refractivity contribution in [2.75, 3.05) is 13.2 Å². The largest absolute Gasteiger partial charge is 0.394 e. The first-order valence-electron chi connectivity index (χ1n) is 7.37. The summed E-state index contributed by atoms with van der Waals surface area (Å²) < 4.78 is 11.9. The Labute approximate surface area is 172 Å². The summed E-state index contributed by atoms with van der Waals surface area (Å²) in [5, 5.41) is 72.6. The molecule has 0 saturated carbocycles. The van der Waals surface area contributed by atoms with Gasteiger partial charge in [0.1, 0.15) is 30.5 Å². The first-order chi connectivity index (χ1) is 12.2. The molecule has 0 aliphatic carbocycles. The van der Waals surface area contributed by atoms with E-state index in [2.05, 4.69) is 0 Å². The monoisotopic (exact) mass is 478 g/mol. The number of rotatable bonds is 5. The number of ether oxygens (including phenoxy) is 3. The molecule has 2 aliphatic heterocycles. The van der Waals surface area contributed by atoms with Gasteiger partial charge in [-0.15, -0.1) is 0 Å². The molecule has 2 rings (SSSR count). The molecule has 160 valence electrons. The van der Waals surface area contributed by atoms with Gasteiger partial charge in [-0.25, -0.2) is 0 Å². The van der Waals surface area contributed by atoms with E-state index < -0.39 is 70.5 Å². The Bertz CT molecular complexity index is 542. The number of hydrogen-bond donors (Lipinski definition) is 8. The van der Waals surface area contributed by atoms with Crippen molar-refractivity contribution in [2.24, 2.45) is 0 Å². The first-order valence-corrected chi connectivity index (χ1v) is 8.89. The van der Waals surface area contributed by atoms with Crippen molar-refractivity contribution >= 4 is 46.4 Å². The smallest absolute Gasteiger partial charge is 0.279 e. The Morgan fingerprint density at radius 3 is 1.93 bits per heavy atom. The van der Waals surface area contributed by atoms with Gasteiger partial charge in [-0.1, -0.05) is 46.4 Å². The van der Waals surface area contributed by atoms with Gasteiger partial charge in [0.05, 0.1) is 13.2 Å². The van der Waals surface area contributed by atoms with Crippen LogP contribution < -0.4 is 0 Å². The minimum Gasteiger partial charge on any atom is -0.394 e. The molecule has 2 fully saturated rings. The fourth-order valence-corrected chi connectivity index (χ4v) is 3.87. The Balaban J connectivity index is 2.47. The number of aliphatic hydroxyl groups excluding tert-OH is 5. The predicted molar refractivity (Wildman–Crippen MR) is 87.8 cm³/mol. The van der Waals surface area contributed by atoms with Crippen LogP contribution in [-0.2, 0) is 14.2 Å². The minimum absolute atomic E-state index is 0.839. The van der Waals surface area contributed by atoms with Crippen LogP contribution in [0, 0.1) is 0 Å². The third-order valence-electron chi connectivity index (χ3n) is 4.33. The standard InChI is InChI=1S/C12H18Cl4O11/c13-9(22)4(2-18)26-11(10(9,14)23,12(15,16)24)27-8-7(21)6(20)5(19)3(1-17)25-8/h3-8,17-24H,1-2H2/t3-,4-,5-,6+,7-,8-,9-,10+,11-/m1/s1. The van der Waals surface area contributed by atoms with Crippen molar-refractivity contribution in [1.29, 1.82) is 0 Å². The first kappa shape index (κ1) is 24.0. The van der Waals surface area contributed by atoms with E-state index in [9.17, 15) is 40.9 Å². The van der Waals surface area contributed by atoms with Gasteiger partial charge < -0.3 is 55.1 Å². The van der Waals surface area contributed by atoms with E-state index in [0.717, 1.165) is 0 Å². The zero-order chi connectivity index (χ0) is 21.0. The summed E-state index contributed by atoms with van der Waals surface area (Å²) in [6.45, 7) is -1.90. The highest BCUT2D eigenvalue weighted by Crippen LogP contribution is 2.59. The zero-order valence-electron chi connectivity index (χ0n) is 13.2. The molecule has 8 N–H and O–H groups in total. The summed E-state index contributed by atoms with van der Waals surface area (Å²) in [6, 6.07) is 0. The predicted octanol–water partition coefficient (Wildman–Crippen LogP) is -3.13. The normalized spacial score (nSPS) is 51.6. The average molecular weight is 480 g/mol. The molecule has 0 aromatic heterocycles. The van der Waals surface area contributed by atoms with Crippen LogP contribution in [0.5, 0.6) is 0 Å². The molecular formula is C12H18Cl4O11. The quantitative estimate of drug-likeness (QED) is 0.186. The summed E-state index contributed by atoms with van der Waals surface area (Å²) in [4.78, 5) is 0. The lowest BCUT2D eigenvalue weighted by atomic mass is 9.98. The van der Waals surface area contributed by atoms with Crippen LogP contribution in [-0.4, -0.2) is 111 Å². The SMILES string of the molecule is OC[C@H]1O[C@H](O[C@]2(C(O)(Cl)Cl)O[C@H](CO)[C@](O)(Cl)[C@@]2(O)Cl)[C@H](O)[C@@H](O)[C@@H]1O. The van der Waals surface area contributed by atoms with E-state index in [1.54, 1.807) is 0 Å². The topological polar surface area (TPSA) is 190 Å². The fraction of sp³-hybridized carbons (Fsp3) is 1.00. The van der Waals surface area contributed by atoms with Crippen molar-refractivity contribution in [1.82, 2.24) is 0 Å². The van der Waals surface area contributed by atoms with Gasteiger partial charge in [0.25, 0.3) is 10.3 Å². The Morgan fingerprint density at radius 2 is 1.52 bits per heavy atom. The molecule has 0 spiro atoms. The number of halogens is 4. The molecule has 11 nitrogen and oxygen atoms in total. The van der Waals surface area contributed by atoms with Crippen LogP contribution in [0.4, 0.5) is 0 Å². The van der Waals surface area contributed by atoms with Gasteiger partial charge in [0.15, 0.2) is 6.29 Å². The molecule has 0 amide bonds. The highest BCUT2D eigenvalue weighted by Gasteiger charge is 2.81. The summed E-state index contributed by atoms with van der Waals surface area (Å²) >= 11 is 22.8. The summed E-state index contributed by atoms with van der Waals surface area (Å²) in [6.07, 6.45) is -11.2. The lowest BCUT2D eigenvalue weighted by Gasteiger charge is -2.47. The average Bonchev–Trinajstić information content (AvgIpc) is 2.71. The molecule has 0 bridgehead atoms. The number of hydrogen-bond acceptors (Lipinski definition) is 11. The molecule has 0 unspecified atom stereocenters. The maximum absolute atomic E-state index is 10.5. The van der Waals surface area contributed by atoms with E-state index in [0.29, 0.717) is 0 Å². The second-order valence-corrected chi connectivity index (χ2v) is 8.47. The van der Waals surface area contributed by atoms with Gasteiger partial charge in [0.2, 0.25) is 10.1 Å². The van der Waals surface area contributed by atoms with Crippen molar-refractivity contribution in [2.45, 2.75) is 57.2 Å². The van der Waals surface area contributed by atoms with Crippen LogP contribution >= 0.6 is 46.4 Å². The van der Waals surface area contributed by atoms with Gasteiger partial charge in [-0.2, -0.15) is 0 Å². The molecule has 2 aliphatic rings. The van der Waals surface area contributed by atoms with E-state index in [4.69, 9.17) is 60.6 Å². The minimum atomic E-state index is -3.36. The summed E-state index contributed by atoms with van der Waals surface area (Å²) in [5.74, 6) is -3.26. The summed E-state index contributed by atoms with van der Waals surface area (Å²) in [7, 11) is 0. The highest BCUT2D eigenvalue weighted by atomic mass is 35.5. The van der Waals surface area contributed by atoms with Crippen molar-refractivity contribution in [3.05, 3.63) is 0 Å². The van der Waals surface area contributed by atoms with Gasteiger partial charge in [-0.3, -0.25) is 0 Å². The molecule has 2 heterocycles. The maximum Gasteiger partial charge on any atom is 0.279 e. The third-order valence-corrected chi connectivity index (χ3v) is 5.98. The second-order valence-electron chi connectivity index (χ2n) is 6.06. The van der Waals surface area contributed by atoms with Crippen LogP contribution in [0.25, 0.3) is 0 Å². The van der Waals surface area contributed by atoms with Gasteiger partial charge >= 0.3 is 0 Å². The molecule has 27 heavy (non-hydrogen) atoms. The Kier molecular flexibility index (Phi) is 6.90. The summed E-state index contributed by atoms with van der Waals surface area (Å²) in [5.41, 5.74) is 0. The lowest BCUT2D eigenvalue weighted by molar-refractivity contribution is -0.398. The van der Waals surface area contributed by atoms with Crippen LogP contribution in [0.1, 0.15) is 0 Å². The van der Waals surface area contributed by atoms with E-state index in [1.807, 2.05) is 0 Å². The Hall–Kier alpha value is 0.720. The van der Waals surface area contributed by atoms with Crippen molar-refractivity contribution in [3.63, 3.8) is 0 Å². The van der Waals surface area contributed by atoms with Crippen LogP contribution in [0.15, 0.2) is 0 Å². The second kappa shape index (κ2) is 7.76. The fourth-order valence-electron chi connectivity index (χ4n) is 2.73.